The van der Waals surface area contributed by atoms with E-state index in [1.54, 1.807) is 0 Å². The molecule has 5 heteroatoms. The van der Waals surface area contributed by atoms with Crippen molar-refractivity contribution in [3.05, 3.63) is 28.7 Å². The first-order chi connectivity index (χ1) is 9.25. The van der Waals surface area contributed by atoms with Crippen LogP contribution < -0.4 is 4.74 Å². The molecule has 0 radical (unpaired) electrons. The van der Waals surface area contributed by atoms with Gasteiger partial charge in [-0.25, -0.2) is 5.06 Å². The van der Waals surface area contributed by atoms with Crippen molar-refractivity contribution >= 4 is 21.8 Å². The number of benzene rings is 1. The topological polar surface area (TPSA) is 38.8 Å². The number of ether oxygens (including phenoxy) is 1. The van der Waals surface area contributed by atoms with E-state index in [1.807, 2.05) is 24.3 Å². The molecule has 0 aromatic heterocycles. The Morgan fingerprint density at radius 2 is 2.11 bits per heavy atom. The van der Waals surface area contributed by atoms with Crippen molar-refractivity contribution in [3.8, 4) is 5.75 Å². The van der Waals surface area contributed by atoms with E-state index in [9.17, 15) is 4.79 Å². The highest BCUT2D eigenvalue weighted by Crippen LogP contribution is 2.16. The molecule has 2 rings (SSSR count). The van der Waals surface area contributed by atoms with Gasteiger partial charge in [0.1, 0.15) is 5.75 Å². The third-order valence-electron chi connectivity index (χ3n) is 2.90. The molecule has 1 amide bonds. The summed E-state index contributed by atoms with van der Waals surface area (Å²) in [6.07, 6.45) is 3.24. The summed E-state index contributed by atoms with van der Waals surface area (Å²) in [5.74, 6) is 0.879. The first-order valence-corrected chi connectivity index (χ1v) is 7.36. The van der Waals surface area contributed by atoms with E-state index in [0.29, 0.717) is 32.6 Å². The van der Waals surface area contributed by atoms with Gasteiger partial charge in [0, 0.05) is 17.4 Å². The van der Waals surface area contributed by atoms with E-state index in [4.69, 9.17) is 9.57 Å². The zero-order chi connectivity index (χ0) is 13.5. The van der Waals surface area contributed by atoms with Crippen LogP contribution >= 0.6 is 15.9 Å². The van der Waals surface area contributed by atoms with Gasteiger partial charge in [0.25, 0.3) is 0 Å². The molecule has 1 aliphatic heterocycles. The van der Waals surface area contributed by atoms with Gasteiger partial charge in [-0.1, -0.05) is 15.9 Å². The number of hydroxylamine groups is 2. The zero-order valence-corrected chi connectivity index (χ0v) is 12.4. The third-order valence-corrected chi connectivity index (χ3v) is 3.43. The smallest absolute Gasteiger partial charge is 0.246 e. The molecular formula is C14H18BrNO3. The normalized spacial score (nSPS) is 15.3. The molecule has 1 saturated heterocycles. The quantitative estimate of drug-likeness (QED) is 0.780. The molecular weight excluding hydrogens is 310 g/mol. The van der Waals surface area contributed by atoms with Crippen LogP contribution in [0.1, 0.15) is 25.7 Å². The second kappa shape index (κ2) is 7.50. The highest BCUT2D eigenvalue weighted by molar-refractivity contribution is 9.10. The lowest BCUT2D eigenvalue weighted by Gasteiger charge is -2.25. The largest absolute Gasteiger partial charge is 0.494 e. The molecule has 0 bridgehead atoms. The van der Waals surface area contributed by atoms with Crippen LogP contribution in [-0.4, -0.2) is 30.7 Å². The van der Waals surface area contributed by atoms with Gasteiger partial charge in [0.2, 0.25) is 5.91 Å². The molecule has 19 heavy (non-hydrogen) atoms. The molecule has 1 aromatic rings. The van der Waals surface area contributed by atoms with Crippen molar-refractivity contribution in [1.29, 1.82) is 0 Å². The van der Waals surface area contributed by atoms with Crippen molar-refractivity contribution in [2.24, 2.45) is 0 Å². The summed E-state index contributed by atoms with van der Waals surface area (Å²) in [7, 11) is 0. The lowest BCUT2D eigenvalue weighted by Crippen LogP contribution is -2.35. The summed E-state index contributed by atoms with van der Waals surface area (Å²) in [6, 6.07) is 7.67. The summed E-state index contributed by atoms with van der Waals surface area (Å²) in [5, 5.41) is 1.49. The molecule has 0 unspecified atom stereocenters. The Bertz CT molecular complexity index is 402. The average molecular weight is 328 g/mol. The predicted molar refractivity (Wildman–Crippen MR) is 75.8 cm³/mol. The van der Waals surface area contributed by atoms with Crippen LogP contribution in [-0.2, 0) is 9.63 Å². The minimum atomic E-state index is 0.0547. The highest BCUT2D eigenvalue weighted by atomic mass is 79.9. The fraction of sp³-hybridized carbons (Fsp3) is 0.500. The molecule has 0 N–H and O–H groups in total. The minimum absolute atomic E-state index is 0.0547. The maximum Gasteiger partial charge on any atom is 0.246 e. The second-order valence-electron chi connectivity index (χ2n) is 4.44. The minimum Gasteiger partial charge on any atom is -0.494 e. The van der Waals surface area contributed by atoms with Crippen molar-refractivity contribution in [2.45, 2.75) is 25.7 Å². The maximum absolute atomic E-state index is 11.8. The fourth-order valence-corrected chi connectivity index (χ4v) is 2.13. The second-order valence-corrected chi connectivity index (χ2v) is 5.36. The van der Waals surface area contributed by atoms with Crippen LogP contribution in [0.3, 0.4) is 0 Å². The Hall–Kier alpha value is -1.07. The Morgan fingerprint density at radius 1 is 1.32 bits per heavy atom. The number of halogens is 1. The van der Waals surface area contributed by atoms with E-state index >= 15 is 0 Å². The molecule has 0 atom stereocenters. The highest BCUT2D eigenvalue weighted by Gasteiger charge is 2.16. The van der Waals surface area contributed by atoms with Gasteiger partial charge in [-0.3, -0.25) is 9.63 Å². The lowest BCUT2D eigenvalue weighted by atomic mass is 10.2. The number of nitrogens with zero attached hydrogens (tertiary/aromatic N) is 1. The molecule has 1 aliphatic rings. The van der Waals surface area contributed by atoms with Gasteiger partial charge in [-0.15, -0.1) is 0 Å². The van der Waals surface area contributed by atoms with Crippen molar-refractivity contribution in [2.75, 3.05) is 19.8 Å². The van der Waals surface area contributed by atoms with E-state index in [-0.39, 0.29) is 5.91 Å². The monoisotopic (exact) mass is 327 g/mol. The van der Waals surface area contributed by atoms with E-state index in [2.05, 4.69) is 15.9 Å². The van der Waals surface area contributed by atoms with Gasteiger partial charge in [0.05, 0.1) is 13.2 Å². The maximum atomic E-state index is 11.8. The number of amides is 1. The molecule has 1 fully saturated rings. The third kappa shape index (κ3) is 4.84. The van der Waals surface area contributed by atoms with Crippen LogP contribution in [0.15, 0.2) is 28.7 Å². The summed E-state index contributed by atoms with van der Waals surface area (Å²) >= 11 is 3.37. The average Bonchev–Trinajstić information content (AvgIpc) is 2.46. The SMILES string of the molecule is O=C(CCCOc1ccc(Br)cc1)N1CCCCO1. The van der Waals surface area contributed by atoms with Crippen LogP contribution in [0.4, 0.5) is 0 Å². The molecule has 104 valence electrons. The van der Waals surface area contributed by atoms with Crippen molar-refractivity contribution in [1.82, 2.24) is 5.06 Å². The Labute approximate surface area is 121 Å². The number of hydrogen-bond acceptors (Lipinski definition) is 3. The molecule has 0 saturated carbocycles. The van der Waals surface area contributed by atoms with Crippen LogP contribution in [0.25, 0.3) is 0 Å². The first-order valence-electron chi connectivity index (χ1n) is 6.57. The van der Waals surface area contributed by atoms with E-state index in [0.717, 1.165) is 23.1 Å². The summed E-state index contributed by atoms with van der Waals surface area (Å²) in [4.78, 5) is 17.1. The van der Waals surface area contributed by atoms with Crippen LogP contribution in [0.2, 0.25) is 0 Å². The summed E-state index contributed by atoms with van der Waals surface area (Å²) in [6.45, 7) is 1.91. The number of rotatable bonds is 5. The van der Waals surface area contributed by atoms with Crippen LogP contribution in [0, 0.1) is 0 Å². The lowest BCUT2D eigenvalue weighted by molar-refractivity contribution is -0.197. The van der Waals surface area contributed by atoms with Gasteiger partial charge >= 0.3 is 0 Å². The molecule has 1 aromatic carbocycles. The fourth-order valence-electron chi connectivity index (χ4n) is 1.86. The van der Waals surface area contributed by atoms with Gasteiger partial charge in [-0.2, -0.15) is 0 Å². The Morgan fingerprint density at radius 3 is 2.79 bits per heavy atom. The van der Waals surface area contributed by atoms with Crippen LogP contribution in [0.5, 0.6) is 5.75 Å². The van der Waals surface area contributed by atoms with Gasteiger partial charge in [0.15, 0.2) is 0 Å². The predicted octanol–water partition coefficient (Wildman–Crippen LogP) is 3.16. The first kappa shape index (κ1) is 14.3. The van der Waals surface area contributed by atoms with Gasteiger partial charge < -0.3 is 4.74 Å². The zero-order valence-electron chi connectivity index (χ0n) is 10.8. The van der Waals surface area contributed by atoms with E-state index < -0.39 is 0 Å². The number of hydrogen-bond donors (Lipinski definition) is 0. The molecule has 0 aliphatic carbocycles. The molecule has 1 heterocycles. The van der Waals surface area contributed by atoms with Crippen molar-refractivity contribution in [3.63, 3.8) is 0 Å². The Kier molecular flexibility index (Phi) is 5.66. The summed E-state index contributed by atoms with van der Waals surface area (Å²) < 4.78 is 6.59. The molecule has 4 nitrogen and oxygen atoms in total. The Balaban J connectivity index is 1.63. The van der Waals surface area contributed by atoms with Crippen molar-refractivity contribution < 1.29 is 14.4 Å². The number of carbonyl (C=O) groups is 1. The standard InChI is InChI=1S/C14H18BrNO3/c15-12-5-7-13(8-6-12)18-10-3-4-14(17)16-9-1-2-11-19-16/h5-8H,1-4,9-11H2. The molecule has 0 spiro atoms. The van der Waals surface area contributed by atoms with Gasteiger partial charge in [-0.05, 0) is 43.5 Å². The number of carbonyl (C=O) groups excluding carboxylic acids is 1. The van der Waals surface area contributed by atoms with E-state index in [1.165, 1.54) is 5.06 Å². The summed E-state index contributed by atoms with van der Waals surface area (Å²) in [5.41, 5.74) is 0.